The summed E-state index contributed by atoms with van der Waals surface area (Å²) >= 11 is 1.37. The van der Waals surface area contributed by atoms with Gasteiger partial charge in [-0.3, -0.25) is 4.79 Å². The van der Waals surface area contributed by atoms with E-state index in [1.807, 2.05) is 19.1 Å². The Morgan fingerprint density at radius 2 is 2.19 bits per heavy atom. The molecule has 1 aromatic heterocycles. The highest BCUT2D eigenvalue weighted by Crippen LogP contribution is 2.18. The van der Waals surface area contributed by atoms with Crippen LogP contribution in [0.15, 0.2) is 34.7 Å². The second-order valence-corrected chi connectivity index (χ2v) is 6.46. The molecule has 8 heteroatoms. The van der Waals surface area contributed by atoms with E-state index in [-0.39, 0.29) is 18.2 Å². The summed E-state index contributed by atoms with van der Waals surface area (Å²) in [4.78, 5) is 27.4. The van der Waals surface area contributed by atoms with Crippen molar-refractivity contribution >= 4 is 28.7 Å². The number of aromatic nitrogens is 1. The number of amides is 1. The van der Waals surface area contributed by atoms with Crippen molar-refractivity contribution in [3.05, 3.63) is 51.0 Å². The standard InChI is InChI=1S/C19H20N4O3S/c1-6-14-10-21-19(27-14)13(3)22-26-11-16-12(2)8-7-9-15(16)17(23-25-5)18(24)20-4/h1,7-10H,11H2,2-5H3,(H,20,24)/b22-13+,23-17+. The summed E-state index contributed by atoms with van der Waals surface area (Å²) in [6.45, 7) is 3.87. The third kappa shape index (κ3) is 4.92. The predicted octanol–water partition coefficient (Wildman–Crippen LogP) is 2.47. The second kappa shape index (κ2) is 9.50. The zero-order chi connectivity index (χ0) is 19.8. The van der Waals surface area contributed by atoms with E-state index in [0.29, 0.717) is 16.3 Å². The first-order valence-corrected chi connectivity index (χ1v) is 8.84. The predicted molar refractivity (Wildman–Crippen MR) is 106 cm³/mol. The van der Waals surface area contributed by atoms with E-state index in [4.69, 9.17) is 16.1 Å². The number of rotatable bonds is 7. The van der Waals surface area contributed by atoms with E-state index in [0.717, 1.165) is 16.0 Å². The van der Waals surface area contributed by atoms with Gasteiger partial charge in [-0.25, -0.2) is 4.98 Å². The number of likely N-dealkylation sites (N-methyl/N-ethyl adjacent to an activating group) is 1. The molecule has 0 aliphatic carbocycles. The minimum atomic E-state index is -0.354. The maximum absolute atomic E-state index is 12.2. The molecule has 27 heavy (non-hydrogen) atoms. The van der Waals surface area contributed by atoms with Gasteiger partial charge in [0.15, 0.2) is 5.71 Å². The molecule has 0 bridgehead atoms. The first-order valence-electron chi connectivity index (χ1n) is 8.03. The highest BCUT2D eigenvalue weighted by molar-refractivity contribution is 7.14. The van der Waals surface area contributed by atoms with E-state index in [2.05, 4.69) is 26.5 Å². The molecule has 7 nitrogen and oxygen atoms in total. The second-order valence-electron chi connectivity index (χ2n) is 5.43. The monoisotopic (exact) mass is 384 g/mol. The molecule has 0 aliphatic heterocycles. The molecule has 1 aromatic carbocycles. The van der Waals surface area contributed by atoms with Crippen molar-refractivity contribution in [2.45, 2.75) is 20.5 Å². The smallest absolute Gasteiger partial charge is 0.273 e. The molecular weight excluding hydrogens is 364 g/mol. The molecule has 0 saturated heterocycles. The summed E-state index contributed by atoms with van der Waals surface area (Å²) in [5.41, 5.74) is 3.14. The molecule has 0 unspecified atom stereocenters. The molecule has 0 spiro atoms. The van der Waals surface area contributed by atoms with Gasteiger partial charge in [-0.05, 0) is 19.4 Å². The van der Waals surface area contributed by atoms with Crippen molar-refractivity contribution in [3.63, 3.8) is 0 Å². The van der Waals surface area contributed by atoms with Gasteiger partial charge in [-0.2, -0.15) is 0 Å². The third-order valence-corrected chi connectivity index (χ3v) is 4.70. The van der Waals surface area contributed by atoms with E-state index in [9.17, 15) is 4.79 Å². The Morgan fingerprint density at radius 1 is 1.41 bits per heavy atom. The van der Waals surface area contributed by atoms with Gasteiger partial charge in [0.1, 0.15) is 24.4 Å². The van der Waals surface area contributed by atoms with Crippen LogP contribution in [0, 0.1) is 19.3 Å². The summed E-state index contributed by atoms with van der Waals surface area (Å²) in [5.74, 6) is 2.18. The summed E-state index contributed by atoms with van der Waals surface area (Å²) in [6.07, 6.45) is 6.98. The van der Waals surface area contributed by atoms with Crippen LogP contribution < -0.4 is 5.32 Å². The molecule has 2 aromatic rings. The minimum absolute atomic E-state index is 0.159. The van der Waals surface area contributed by atoms with Crippen molar-refractivity contribution in [2.24, 2.45) is 10.3 Å². The maximum Gasteiger partial charge on any atom is 0.273 e. The Hall–Kier alpha value is -3.18. The molecule has 1 N–H and O–H groups in total. The number of nitrogens with one attached hydrogen (secondary N) is 1. The van der Waals surface area contributed by atoms with Gasteiger partial charge in [0.05, 0.1) is 11.1 Å². The van der Waals surface area contributed by atoms with Gasteiger partial charge < -0.3 is 15.0 Å². The molecule has 0 atom stereocenters. The van der Waals surface area contributed by atoms with Crippen molar-refractivity contribution in [1.29, 1.82) is 0 Å². The fourth-order valence-corrected chi connectivity index (χ4v) is 2.94. The Kier molecular flexibility index (Phi) is 7.08. The fourth-order valence-electron chi connectivity index (χ4n) is 2.28. The van der Waals surface area contributed by atoms with Gasteiger partial charge in [-0.15, -0.1) is 17.8 Å². The number of oxime groups is 2. The molecule has 1 heterocycles. The van der Waals surface area contributed by atoms with Crippen LogP contribution in [0.1, 0.15) is 33.5 Å². The summed E-state index contributed by atoms with van der Waals surface area (Å²) in [7, 11) is 2.92. The van der Waals surface area contributed by atoms with Crippen molar-refractivity contribution in [2.75, 3.05) is 14.2 Å². The molecule has 1 amide bonds. The third-order valence-electron chi connectivity index (χ3n) is 3.66. The Balaban J connectivity index is 2.26. The Morgan fingerprint density at radius 3 is 2.81 bits per heavy atom. The van der Waals surface area contributed by atoms with Crippen LogP contribution in [0.5, 0.6) is 0 Å². The Labute approximate surface area is 162 Å². The number of benzene rings is 1. The van der Waals surface area contributed by atoms with Gasteiger partial charge in [-0.1, -0.05) is 34.4 Å². The topological polar surface area (TPSA) is 85.2 Å². The highest BCUT2D eigenvalue weighted by atomic mass is 32.1. The normalized spacial score (nSPS) is 11.7. The first-order chi connectivity index (χ1) is 13.0. The average molecular weight is 384 g/mol. The number of carbonyl (C=O) groups excluding carboxylic acids is 1. The largest absolute Gasteiger partial charge is 0.398 e. The molecule has 140 valence electrons. The Bertz CT molecular complexity index is 925. The SMILES string of the molecule is C#Cc1cnc(/C(C)=N/OCc2c(C)cccc2/C(=N\OC)C(=O)NC)s1. The van der Waals surface area contributed by atoms with E-state index in [1.165, 1.54) is 25.5 Å². The van der Waals surface area contributed by atoms with Crippen LogP contribution in [0.3, 0.4) is 0 Å². The quantitative estimate of drug-likeness (QED) is 0.451. The molecular formula is C19H20N4O3S. The lowest BCUT2D eigenvalue weighted by Gasteiger charge is -2.12. The lowest BCUT2D eigenvalue weighted by atomic mass is 9.98. The van der Waals surface area contributed by atoms with Crippen LogP contribution in [0.2, 0.25) is 0 Å². The van der Waals surface area contributed by atoms with Crippen LogP contribution >= 0.6 is 11.3 Å². The van der Waals surface area contributed by atoms with Crippen molar-refractivity contribution < 1.29 is 14.5 Å². The highest BCUT2D eigenvalue weighted by Gasteiger charge is 2.19. The molecule has 0 saturated carbocycles. The molecule has 0 fully saturated rings. The first kappa shape index (κ1) is 20.1. The zero-order valence-corrected chi connectivity index (χ0v) is 16.4. The summed E-state index contributed by atoms with van der Waals surface area (Å²) < 4.78 is 0. The van der Waals surface area contributed by atoms with E-state index >= 15 is 0 Å². The summed E-state index contributed by atoms with van der Waals surface area (Å²) in [6, 6.07) is 5.55. The summed E-state index contributed by atoms with van der Waals surface area (Å²) in [5, 5.41) is 11.2. The van der Waals surface area contributed by atoms with Gasteiger partial charge in [0.25, 0.3) is 5.91 Å². The van der Waals surface area contributed by atoms with Crippen LogP contribution in [0.25, 0.3) is 0 Å². The average Bonchev–Trinajstić information content (AvgIpc) is 3.16. The van der Waals surface area contributed by atoms with Crippen molar-refractivity contribution in [3.8, 4) is 12.3 Å². The number of aryl methyl sites for hydroxylation is 1. The number of hydrogen-bond donors (Lipinski definition) is 1. The number of terminal acetylenes is 1. The molecule has 0 radical (unpaired) electrons. The number of nitrogens with zero attached hydrogens (tertiary/aromatic N) is 3. The number of thiazole rings is 1. The zero-order valence-electron chi connectivity index (χ0n) is 15.6. The fraction of sp³-hybridized carbons (Fsp3) is 0.263. The van der Waals surface area contributed by atoms with Crippen LogP contribution in [-0.4, -0.2) is 36.5 Å². The lowest BCUT2D eigenvalue weighted by Crippen LogP contribution is -2.29. The van der Waals surface area contributed by atoms with Gasteiger partial charge in [0.2, 0.25) is 0 Å². The van der Waals surface area contributed by atoms with Crippen LogP contribution in [-0.2, 0) is 21.1 Å². The van der Waals surface area contributed by atoms with Crippen molar-refractivity contribution in [1.82, 2.24) is 10.3 Å². The number of carbonyl (C=O) groups is 1. The lowest BCUT2D eigenvalue weighted by molar-refractivity contribution is -0.114. The van der Waals surface area contributed by atoms with Gasteiger partial charge in [0, 0.05) is 18.2 Å². The maximum atomic E-state index is 12.2. The van der Waals surface area contributed by atoms with E-state index in [1.54, 1.807) is 19.2 Å². The molecule has 2 rings (SSSR count). The number of hydrogen-bond acceptors (Lipinski definition) is 7. The van der Waals surface area contributed by atoms with E-state index < -0.39 is 0 Å². The van der Waals surface area contributed by atoms with Crippen LogP contribution in [0.4, 0.5) is 0 Å². The minimum Gasteiger partial charge on any atom is -0.398 e. The van der Waals surface area contributed by atoms with Gasteiger partial charge >= 0.3 is 0 Å². The molecule has 0 aliphatic rings.